The van der Waals surface area contributed by atoms with Crippen LogP contribution in [0.25, 0.3) is 0 Å². The number of carbonyl (C=O) groups excluding carboxylic acids is 2. The summed E-state index contributed by atoms with van der Waals surface area (Å²) in [5.74, 6) is -2.05. The summed E-state index contributed by atoms with van der Waals surface area (Å²) in [6.45, 7) is 1.54. The van der Waals surface area contributed by atoms with Gasteiger partial charge in [-0.3, -0.25) is 9.59 Å². The summed E-state index contributed by atoms with van der Waals surface area (Å²) in [5, 5.41) is 13.7. The van der Waals surface area contributed by atoms with Crippen molar-refractivity contribution in [2.24, 2.45) is 0 Å². The Kier molecular flexibility index (Phi) is 6.19. The predicted molar refractivity (Wildman–Crippen MR) is 77.7 cm³/mol. The Bertz CT molecular complexity index is 513. The molecule has 1 atom stereocenters. The minimum absolute atomic E-state index is 0.281. The molecule has 0 unspecified atom stereocenters. The van der Waals surface area contributed by atoms with E-state index in [1.807, 2.05) is 6.92 Å². The smallest absolute Gasteiger partial charge is 0.326 e. The molecule has 1 aromatic rings. The molecule has 0 saturated heterocycles. The molecule has 0 aromatic heterocycles. The zero-order valence-electron chi connectivity index (χ0n) is 11.8. The van der Waals surface area contributed by atoms with Crippen LogP contribution in [0.5, 0.6) is 0 Å². The van der Waals surface area contributed by atoms with Gasteiger partial charge >= 0.3 is 5.97 Å². The van der Waals surface area contributed by atoms with Gasteiger partial charge in [-0.2, -0.15) is 0 Å². The molecule has 0 aliphatic carbocycles. The third-order valence-electron chi connectivity index (χ3n) is 2.79. The Balaban J connectivity index is 2.46. The van der Waals surface area contributed by atoms with Crippen molar-refractivity contribution in [3.63, 3.8) is 0 Å². The molecule has 0 fully saturated rings. The molecular formula is C14H19N3O4. The molecule has 7 heteroatoms. The fraction of sp³-hybridized carbons (Fsp3) is 0.357. The van der Waals surface area contributed by atoms with Crippen LogP contribution in [-0.4, -0.2) is 35.5 Å². The first-order valence-corrected chi connectivity index (χ1v) is 6.60. The number of carboxylic acids is 1. The highest BCUT2D eigenvalue weighted by atomic mass is 16.4. The molecule has 0 radical (unpaired) electrons. The minimum Gasteiger partial charge on any atom is -0.480 e. The average molecular weight is 293 g/mol. The standard InChI is InChI=1S/C14H19N3O4/c1-2-3-11(14(20)21)17-12(18)8-16-13(19)9-4-6-10(15)7-5-9/h4-7,11H,2-3,8,15H2,1H3,(H,16,19)(H,17,18)(H,20,21)/t11-/m0/s1. The Morgan fingerprint density at radius 1 is 1.24 bits per heavy atom. The number of anilines is 1. The number of rotatable bonds is 7. The maximum absolute atomic E-state index is 11.8. The van der Waals surface area contributed by atoms with E-state index in [1.54, 1.807) is 24.3 Å². The zero-order valence-corrected chi connectivity index (χ0v) is 11.8. The molecule has 21 heavy (non-hydrogen) atoms. The van der Waals surface area contributed by atoms with E-state index in [-0.39, 0.29) is 6.54 Å². The van der Waals surface area contributed by atoms with Crippen LogP contribution in [0.15, 0.2) is 24.3 Å². The topological polar surface area (TPSA) is 122 Å². The number of amides is 2. The maximum atomic E-state index is 11.8. The van der Waals surface area contributed by atoms with Crippen molar-refractivity contribution in [2.75, 3.05) is 12.3 Å². The van der Waals surface area contributed by atoms with Gasteiger partial charge < -0.3 is 21.5 Å². The monoisotopic (exact) mass is 293 g/mol. The predicted octanol–water partition coefficient (Wildman–Crippen LogP) is 0.368. The Morgan fingerprint density at radius 2 is 1.86 bits per heavy atom. The van der Waals surface area contributed by atoms with Gasteiger partial charge in [-0.15, -0.1) is 0 Å². The molecule has 0 heterocycles. The van der Waals surface area contributed by atoms with E-state index >= 15 is 0 Å². The Hall–Kier alpha value is -2.57. The van der Waals surface area contributed by atoms with Gasteiger partial charge in [0.05, 0.1) is 6.54 Å². The van der Waals surface area contributed by atoms with Gasteiger partial charge in [0.25, 0.3) is 5.91 Å². The first kappa shape index (κ1) is 16.5. The van der Waals surface area contributed by atoms with Crippen LogP contribution < -0.4 is 16.4 Å². The third-order valence-corrected chi connectivity index (χ3v) is 2.79. The summed E-state index contributed by atoms with van der Waals surface area (Å²) < 4.78 is 0. The normalized spacial score (nSPS) is 11.5. The quantitative estimate of drug-likeness (QED) is 0.541. The first-order valence-electron chi connectivity index (χ1n) is 6.60. The number of aliphatic carboxylic acids is 1. The van der Waals surface area contributed by atoms with Crippen LogP contribution in [0.1, 0.15) is 30.1 Å². The molecule has 7 nitrogen and oxygen atoms in total. The number of carboxylic acid groups (broad SMARTS) is 1. The molecule has 1 aromatic carbocycles. The highest BCUT2D eigenvalue weighted by molar-refractivity contribution is 5.97. The van der Waals surface area contributed by atoms with E-state index in [2.05, 4.69) is 10.6 Å². The molecule has 114 valence electrons. The summed E-state index contributed by atoms with van der Waals surface area (Å²) >= 11 is 0. The fourth-order valence-electron chi connectivity index (χ4n) is 1.69. The number of nitrogen functional groups attached to an aromatic ring is 1. The lowest BCUT2D eigenvalue weighted by molar-refractivity contribution is -0.141. The number of hydrogen-bond donors (Lipinski definition) is 4. The van der Waals surface area contributed by atoms with Gasteiger partial charge in [-0.25, -0.2) is 4.79 Å². The summed E-state index contributed by atoms with van der Waals surface area (Å²) in [6.07, 6.45) is 0.974. The zero-order chi connectivity index (χ0) is 15.8. The Morgan fingerprint density at radius 3 is 2.38 bits per heavy atom. The van der Waals surface area contributed by atoms with Crippen LogP contribution in [-0.2, 0) is 9.59 Å². The number of nitrogens with one attached hydrogen (secondary N) is 2. The van der Waals surface area contributed by atoms with E-state index in [0.29, 0.717) is 24.1 Å². The SMILES string of the molecule is CCC[C@H](NC(=O)CNC(=O)c1ccc(N)cc1)C(=O)O. The highest BCUT2D eigenvalue weighted by Gasteiger charge is 2.18. The fourth-order valence-corrected chi connectivity index (χ4v) is 1.69. The van der Waals surface area contributed by atoms with Gasteiger partial charge in [0.2, 0.25) is 5.91 Å². The van der Waals surface area contributed by atoms with Crippen molar-refractivity contribution in [2.45, 2.75) is 25.8 Å². The average Bonchev–Trinajstić information content (AvgIpc) is 2.45. The van der Waals surface area contributed by atoms with Crippen LogP contribution >= 0.6 is 0 Å². The van der Waals surface area contributed by atoms with Gasteiger partial charge in [0.1, 0.15) is 6.04 Å². The second-order valence-corrected chi connectivity index (χ2v) is 4.55. The van der Waals surface area contributed by atoms with Crippen molar-refractivity contribution in [1.29, 1.82) is 0 Å². The van der Waals surface area contributed by atoms with Gasteiger partial charge in [-0.05, 0) is 30.7 Å². The molecule has 2 amide bonds. The van der Waals surface area contributed by atoms with E-state index in [1.165, 1.54) is 0 Å². The third kappa shape index (κ3) is 5.52. The molecule has 5 N–H and O–H groups in total. The summed E-state index contributed by atoms with van der Waals surface area (Å²) in [6, 6.07) is 5.31. The number of nitrogens with two attached hydrogens (primary N) is 1. The van der Waals surface area contributed by atoms with Crippen molar-refractivity contribution in [3.05, 3.63) is 29.8 Å². The largest absolute Gasteiger partial charge is 0.480 e. The van der Waals surface area contributed by atoms with Gasteiger partial charge in [0, 0.05) is 11.3 Å². The minimum atomic E-state index is -1.09. The molecule has 0 aliphatic heterocycles. The maximum Gasteiger partial charge on any atom is 0.326 e. The van der Waals surface area contributed by atoms with E-state index < -0.39 is 23.8 Å². The van der Waals surface area contributed by atoms with Crippen LogP contribution in [0, 0.1) is 0 Å². The van der Waals surface area contributed by atoms with Crippen LogP contribution in [0.4, 0.5) is 5.69 Å². The number of carbonyl (C=O) groups is 3. The van der Waals surface area contributed by atoms with Crippen molar-refractivity contribution in [1.82, 2.24) is 10.6 Å². The molecule has 1 rings (SSSR count). The summed E-state index contributed by atoms with van der Waals surface area (Å²) in [5.41, 5.74) is 6.42. The van der Waals surface area contributed by atoms with E-state index in [4.69, 9.17) is 10.8 Å². The molecular weight excluding hydrogens is 274 g/mol. The molecule has 0 spiro atoms. The van der Waals surface area contributed by atoms with Crippen molar-refractivity contribution < 1.29 is 19.5 Å². The van der Waals surface area contributed by atoms with E-state index in [0.717, 1.165) is 0 Å². The summed E-state index contributed by atoms with van der Waals surface area (Å²) in [4.78, 5) is 34.3. The van der Waals surface area contributed by atoms with Crippen LogP contribution in [0.3, 0.4) is 0 Å². The lowest BCUT2D eigenvalue weighted by Gasteiger charge is -2.13. The second-order valence-electron chi connectivity index (χ2n) is 4.55. The van der Waals surface area contributed by atoms with E-state index in [9.17, 15) is 14.4 Å². The molecule has 0 bridgehead atoms. The Labute approximate surface area is 122 Å². The van der Waals surface area contributed by atoms with Crippen LogP contribution in [0.2, 0.25) is 0 Å². The van der Waals surface area contributed by atoms with Gasteiger partial charge in [0.15, 0.2) is 0 Å². The second kappa shape index (κ2) is 7.88. The molecule has 0 aliphatic rings. The lowest BCUT2D eigenvalue weighted by Crippen LogP contribution is -2.45. The van der Waals surface area contributed by atoms with Gasteiger partial charge in [-0.1, -0.05) is 13.3 Å². The van der Waals surface area contributed by atoms with Crippen molar-refractivity contribution in [3.8, 4) is 0 Å². The number of hydrogen-bond acceptors (Lipinski definition) is 4. The number of benzene rings is 1. The highest BCUT2D eigenvalue weighted by Crippen LogP contribution is 2.04. The first-order chi connectivity index (χ1) is 9.93. The molecule has 0 saturated carbocycles. The lowest BCUT2D eigenvalue weighted by atomic mass is 10.1. The van der Waals surface area contributed by atoms with Crippen molar-refractivity contribution >= 4 is 23.5 Å². The summed E-state index contributed by atoms with van der Waals surface area (Å²) in [7, 11) is 0.